The molecule has 3 rings (SSSR count). The lowest BCUT2D eigenvalue weighted by Crippen LogP contribution is -2.33. The topological polar surface area (TPSA) is 223 Å². The van der Waals surface area contributed by atoms with Crippen molar-refractivity contribution in [1.82, 2.24) is 19.5 Å². The number of ether oxygens (including phenoxy) is 1. The molecule has 0 saturated carbocycles. The Labute approximate surface area is 155 Å². The minimum atomic E-state index is -5.55. The van der Waals surface area contributed by atoms with E-state index >= 15 is 0 Å². The molecule has 2 unspecified atom stereocenters. The first kappa shape index (κ1) is 21.2. The summed E-state index contributed by atoms with van der Waals surface area (Å²) in [5.74, 6) is 0.0595. The number of imidazole rings is 1. The zero-order valence-corrected chi connectivity index (χ0v) is 15.5. The van der Waals surface area contributed by atoms with E-state index in [1.165, 1.54) is 10.9 Å². The van der Waals surface area contributed by atoms with E-state index in [1.807, 2.05) is 0 Å². The number of aliphatic hydroxyl groups excluding tert-OH is 2. The fraction of sp³-hybridized carbons (Fsp3) is 0.545. The van der Waals surface area contributed by atoms with Crippen LogP contribution in [0.2, 0.25) is 0 Å². The Morgan fingerprint density at radius 2 is 1.93 bits per heavy atom. The number of halogens is 1. The average Bonchev–Trinajstić information content (AvgIpc) is 3.15. The second kappa shape index (κ2) is 7.37. The van der Waals surface area contributed by atoms with Crippen molar-refractivity contribution in [2.24, 2.45) is 0 Å². The van der Waals surface area contributed by atoms with E-state index in [-0.39, 0.29) is 17.0 Å². The van der Waals surface area contributed by atoms with Gasteiger partial charge in [-0.05, 0) is 0 Å². The molecule has 0 aromatic carbocycles. The maximum absolute atomic E-state index is 13.5. The number of fused-ring (bicyclic) bond motifs is 1. The van der Waals surface area contributed by atoms with E-state index in [2.05, 4.69) is 19.5 Å². The lowest BCUT2D eigenvalue weighted by Gasteiger charge is -2.20. The molecule has 0 amide bonds. The number of hydrogen-bond acceptors (Lipinski definition) is 10. The van der Waals surface area contributed by atoms with Crippen molar-refractivity contribution in [3.63, 3.8) is 0 Å². The molecule has 1 fully saturated rings. The molecule has 1 aliphatic heterocycles. The number of aliphatic hydroxyl groups is 2. The fourth-order valence-electron chi connectivity index (χ4n) is 2.58. The highest BCUT2D eigenvalue weighted by Gasteiger charge is 2.49. The second-order valence-corrected chi connectivity index (χ2v) is 9.77. The molecule has 7 N–H and O–H groups in total. The molecule has 17 heteroatoms. The van der Waals surface area contributed by atoms with Crippen LogP contribution in [0.3, 0.4) is 0 Å². The zero-order valence-electron chi connectivity index (χ0n) is 13.8. The summed E-state index contributed by atoms with van der Waals surface area (Å²) in [6, 6.07) is 0. The van der Waals surface area contributed by atoms with Crippen LogP contribution in [0.5, 0.6) is 0 Å². The molecule has 2 aromatic rings. The van der Waals surface area contributed by atoms with Gasteiger partial charge in [-0.15, -0.1) is 0 Å². The maximum Gasteiger partial charge on any atom is 0.374 e. The van der Waals surface area contributed by atoms with Gasteiger partial charge >= 0.3 is 15.2 Å². The molecular formula is C11H16FN5O9P2. The van der Waals surface area contributed by atoms with Crippen molar-refractivity contribution in [3.05, 3.63) is 12.7 Å². The van der Waals surface area contributed by atoms with Crippen molar-refractivity contribution in [2.45, 2.75) is 30.2 Å². The normalized spacial score (nSPS) is 29.1. The van der Waals surface area contributed by atoms with Gasteiger partial charge in [0.1, 0.15) is 30.2 Å². The van der Waals surface area contributed by atoms with Crippen molar-refractivity contribution in [2.75, 3.05) is 12.3 Å². The van der Waals surface area contributed by atoms with Gasteiger partial charge in [0.25, 0.3) is 5.65 Å². The van der Waals surface area contributed by atoms with Crippen LogP contribution in [0, 0.1) is 0 Å². The fourth-order valence-corrected chi connectivity index (χ4v) is 4.79. The summed E-state index contributed by atoms with van der Waals surface area (Å²) < 4.78 is 46.9. The van der Waals surface area contributed by atoms with E-state index in [0.717, 1.165) is 6.33 Å². The van der Waals surface area contributed by atoms with Crippen molar-refractivity contribution in [1.29, 1.82) is 0 Å². The molecule has 0 spiro atoms. The van der Waals surface area contributed by atoms with Crippen LogP contribution in [-0.4, -0.2) is 75.0 Å². The quantitative estimate of drug-likeness (QED) is 0.285. The third-order valence-electron chi connectivity index (χ3n) is 3.97. The summed E-state index contributed by atoms with van der Waals surface area (Å²) in [7, 11) is -10.9. The first-order chi connectivity index (χ1) is 12.9. The first-order valence-corrected chi connectivity index (χ1v) is 10.9. The highest BCUT2D eigenvalue weighted by Crippen LogP contribution is 2.63. The second-order valence-electron chi connectivity index (χ2n) is 5.89. The van der Waals surface area contributed by atoms with Crippen LogP contribution < -0.4 is 5.73 Å². The van der Waals surface area contributed by atoms with Crippen LogP contribution in [-0.2, 0) is 18.4 Å². The highest BCUT2D eigenvalue weighted by molar-refractivity contribution is 7.70. The number of nitrogens with two attached hydrogens (primary N) is 1. The van der Waals surface area contributed by atoms with Gasteiger partial charge in [0.2, 0.25) is 0 Å². The zero-order chi connectivity index (χ0) is 20.9. The molecule has 156 valence electrons. The number of alkyl halides is 1. The number of hydrogen-bond donors (Lipinski definition) is 6. The number of nitrogens with zero attached hydrogens (tertiary/aromatic N) is 4. The molecule has 0 radical (unpaired) electrons. The van der Waals surface area contributed by atoms with Crippen LogP contribution in [0.4, 0.5) is 10.2 Å². The monoisotopic (exact) mass is 443 g/mol. The molecular weight excluding hydrogens is 427 g/mol. The molecule has 1 aliphatic rings. The Bertz CT molecular complexity index is 969. The van der Waals surface area contributed by atoms with Gasteiger partial charge in [0.05, 0.1) is 12.9 Å². The predicted molar refractivity (Wildman–Crippen MR) is 88.4 cm³/mol. The van der Waals surface area contributed by atoms with Crippen LogP contribution >= 0.6 is 15.2 Å². The van der Waals surface area contributed by atoms with Crippen LogP contribution in [0.25, 0.3) is 11.2 Å². The molecule has 14 nitrogen and oxygen atoms in total. The average molecular weight is 443 g/mol. The van der Waals surface area contributed by atoms with E-state index in [1.54, 1.807) is 0 Å². The summed E-state index contributed by atoms with van der Waals surface area (Å²) >= 11 is 0. The van der Waals surface area contributed by atoms with Crippen LogP contribution in [0.1, 0.15) is 6.23 Å². The van der Waals surface area contributed by atoms with Gasteiger partial charge in [-0.1, -0.05) is 0 Å². The third-order valence-corrected chi connectivity index (χ3v) is 7.36. The minimum Gasteiger partial charge on any atom is -0.387 e. The maximum atomic E-state index is 13.5. The molecule has 2 aromatic heterocycles. The Kier molecular flexibility index (Phi) is 5.57. The van der Waals surface area contributed by atoms with Gasteiger partial charge in [-0.3, -0.25) is 13.7 Å². The Morgan fingerprint density at radius 3 is 2.57 bits per heavy atom. The smallest absolute Gasteiger partial charge is 0.374 e. The Morgan fingerprint density at radius 1 is 1.25 bits per heavy atom. The van der Waals surface area contributed by atoms with Gasteiger partial charge in [-0.2, -0.15) is 0 Å². The largest absolute Gasteiger partial charge is 0.387 e. The molecule has 0 aliphatic carbocycles. The molecule has 1 saturated heterocycles. The number of rotatable bonds is 6. The van der Waals surface area contributed by atoms with Crippen LogP contribution in [0.15, 0.2) is 12.7 Å². The lowest BCUT2D eigenvalue weighted by molar-refractivity contribution is -0.0488. The molecule has 3 heterocycles. The highest BCUT2D eigenvalue weighted by atomic mass is 31.2. The van der Waals surface area contributed by atoms with Gasteiger partial charge in [0.15, 0.2) is 17.7 Å². The standard InChI is InChI=1S/C11H16FN5O9P2/c12-11(27(20,21)22)28(23,24)25-1-4-6(18)7(19)10(26-4)17-3-16-5-8(13)14-2-15-9(5)17/h2-4,6-7,10-11,18-19H,1H2,(H,23,24)(H2,13,14,15)(H2,20,21,22)/t4-,6-,7-,10-,11?/m1/s1. The van der Waals surface area contributed by atoms with Crippen molar-refractivity contribution in [3.8, 4) is 0 Å². The van der Waals surface area contributed by atoms with E-state index in [4.69, 9.17) is 20.3 Å². The van der Waals surface area contributed by atoms with E-state index in [9.17, 15) is 28.6 Å². The number of anilines is 1. The number of nitrogen functional groups attached to an aromatic ring is 1. The van der Waals surface area contributed by atoms with Gasteiger partial charge in [0, 0.05) is 0 Å². The summed E-state index contributed by atoms with van der Waals surface area (Å²) in [6.07, 6.45) is -3.55. The summed E-state index contributed by atoms with van der Waals surface area (Å²) in [5.41, 5.74) is 2.57. The minimum absolute atomic E-state index is 0.0595. The Hall–Kier alpha value is -1.54. The number of aromatic nitrogens is 4. The molecule has 0 bridgehead atoms. The van der Waals surface area contributed by atoms with E-state index in [0.29, 0.717) is 0 Å². The molecule has 28 heavy (non-hydrogen) atoms. The van der Waals surface area contributed by atoms with Crippen molar-refractivity contribution < 1.29 is 47.7 Å². The predicted octanol–water partition coefficient (Wildman–Crippen LogP) is -1.34. The summed E-state index contributed by atoms with van der Waals surface area (Å²) in [4.78, 5) is 38.4. The summed E-state index contributed by atoms with van der Waals surface area (Å²) in [5, 5.41) is 20.3. The molecule has 6 atom stereocenters. The van der Waals surface area contributed by atoms with E-state index < -0.39 is 52.0 Å². The van der Waals surface area contributed by atoms with Gasteiger partial charge < -0.3 is 39.9 Å². The summed E-state index contributed by atoms with van der Waals surface area (Å²) in [6.45, 7) is -0.938. The Balaban J connectivity index is 1.76. The third kappa shape index (κ3) is 3.81. The SMILES string of the molecule is Nc1ncnc2c1ncn2[C@@H]1O[C@H](COP(=O)(O)C(F)P(=O)(O)O)[C@@H](O)[C@H]1O. The van der Waals surface area contributed by atoms with Crippen molar-refractivity contribution >= 4 is 32.2 Å². The van der Waals surface area contributed by atoms with Gasteiger partial charge in [-0.25, -0.2) is 19.3 Å². The first-order valence-electron chi connectivity index (χ1n) is 7.54. The lowest BCUT2D eigenvalue weighted by atomic mass is 10.1.